The number of nitrogens with one attached hydrogen (secondary N) is 1. The van der Waals surface area contributed by atoms with Gasteiger partial charge in [-0.2, -0.15) is 0 Å². The molecule has 0 aliphatic carbocycles. The normalized spacial score (nSPS) is 10.2. The molecule has 0 aliphatic heterocycles. The highest BCUT2D eigenvalue weighted by atomic mass is 16.5. The van der Waals surface area contributed by atoms with Gasteiger partial charge in [-0.15, -0.1) is 0 Å². The van der Waals surface area contributed by atoms with E-state index in [2.05, 4.69) is 5.32 Å². The Bertz CT molecular complexity index is 985. The van der Waals surface area contributed by atoms with Crippen molar-refractivity contribution >= 4 is 11.6 Å². The van der Waals surface area contributed by atoms with Crippen molar-refractivity contribution in [3.63, 3.8) is 0 Å². The lowest BCUT2D eigenvalue weighted by Crippen LogP contribution is -2.12. The number of hydrogen-bond donors (Lipinski definition) is 1. The lowest BCUT2D eigenvalue weighted by Gasteiger charge is -2.13. The van der Waals surface area contributed by atoms with Gasteiger partial charge in [-0.1, -0.05) is 6.07 Å². The van der Waals surface area contributed by atoms with Crippen LogP contribution in [0, 0.1) is 0 Å². The Morgan fingerprint density at radius 2 is 1.50 bits per heavy atom. The quantitative estimate of drug-likeness (QED) is 0.505. The smallest absolute Gasteiger partial charge is 0.255 e. The first-order chi connectivity index (χ1) is 14.6. The average molecular weight is 407 g/mol. The molecular weight excluding hydrogens is 382 g/mol. The molecule has 1 N–H and O–H groups in total. The number of benzene rings is 3. The second-order valence-corrected chi connectivity index (χ2v) is 6.29. The van der Waals surface area contributed by atoms with Gasteiger partial charge in [0.1, 0.15) is 17.2 Å². The van der Waals surface area contributed by atoms with Crippen LogP contribution in [0.1, 0.15) is 24.2 Å². The monoisotopic (exact) mass is 407 g/mol. The number of ether oxygens (including phenoxy) is 4. The van der Waals surface area contributed by atoms with Gasteiger partial charge in [-0.05, 0) is 68.4 Å². The van der Waals surface area contributed by atoms with Crippen LogP contribution in [0.3, 0.4) is 0 Å². The zero-order valence-corrected chi connectivity index (χ0v) is 17.3. The largest absolute Gasteiger partial charge is 0.497 e. The third kappa shape index (κ3) is 5.44. The fourth-order valence-corrected chi connectivity index (χ4v) is 2.80. The Morgan fingerprint density at radius 1 is 0.800 bits per heavy atom. The number of rotatable bonds is 9. The molecule has 156 valence electrons. The Hall–Kier alpha value is -3.67. The fraction of sp³-hybridized carbons (Fsp3) is 0.208. The number of carbonyl (C=O) groups is 1. The van der Waals surface area contributed by atoms with E-state index in [-0.39, 0.29) is 5.91 Å². The van der Waals surface area contributed by atoms with E-state index in [4.69, 9.17) is 18.9 Å². The molecule has 30 heavy (non-hydrogen) atoms. The number of carbonyl (C=O) groups excluding carboxylic acids is 1. The van der Waals surface area contributed by atoms with Gasteiger partial charge < -0.3 is 24.3 Å². The maximum atomic E-state index is 12.6. The summed E-state index contributed by atoms with van der Waals surface area (Å²) < 4.78 is 22.1. The zero-order valence-electron chi connectivity index (χ0n) is 17.3. The van der Waals surface area contributed by atoms with Gasteiger partial charge in [-0.25, -0.2) is 0 Å². The van der Waals surface area contributed by atoms with Crippen LogP contribution in [-0.2, 0) is 0 Å². The van der Waals surface area contributed by atoms with Gasteiger partial charge in [-0.3, -0.25) is 4.79 Å². The molecule has 0 atom stereocenters. The third-order valence-electron chi connectivity index (χ3n) is 4.19. The van der Waals surface area contributed by atoms with E-state index in [1.807, 2.05) is 32.0 Å². The highest BCUT2D eigenvalue weighted by Gasteiger charge is 2.12. The van der Waals surface area contributed by atoms with Crippen LogP contribution in [0.25, 0.3) is 0 Å². The van der Waals surface area contributed by atoms with Crippen LogP contribution < -0.4 is 24.3 Å². The van der Waals surface area contributed by atoms with Crippen molar-refractivity contribution in [3.8, 4) is 28.7 Å². The fourth-order valence-electron chi connectivity index (χ4n) is 2.80. The second kappa shape index (κ2) is 10.2. The van der Waals surface area contributed by atoms with Crippen LogP contribution in [0.4, 0.5) is 5.69 Å². The Kier molecular flexibility index (Phi) is 7.16. The highest BCUT2D eigenvalue weighted by molar-refractivity contribution is 6.04. The molecule has 1 amide bonds. The van der Waals surface area contributed by atoms with Gasteiger partial charge in [0.25, 0.3) is 5.91 Å². The number of hydrogen-bond acceptors (Lipinski definition) is 5. The van der Waals surface area contributed by atoms with Crippen molar-refractivity contribution in [1.82, 2.24) is 0 Å². The number of amides is 1. The van der Waals surface area contributed by atoms with Crippen molar-refractivity contribution in [2.24, 2.45) is 0 Å². The summed E-state index contributed by atoms with van der Waals surface area (Å²) in [6, 6.07) is 19.6. The Morgan fingerprint density at radius 3 is 2.20 bits per heavy atom. The summed E-state index contributed by atoms with van der Waals surface area (Å²) in [4.78, 5) is 12.6. The molecule has 0 saturated heterocycles. The first-order valence-electron chi connectivity index (χ1n) is 9.76. The summed E-state index contributed by atoms with van der Waals surface area (Å²) in [5, 5.41) is 2.88. The van der Waals surface area contributed by atoms with Gasteiger partial charge in [0.05, 0.1) is 20.3 Å². The second-order valence-electron chi connectivity index (χ2n) is 6.29. The minimum atomic E-state index is -0.236. The molecule has 0 bridgehead atoms. The van der Waals surface area contributed by atoms with E-state index in [1.165, 1.54) is 0 Å². The Balaban J connectivity index is 1.67. The van der Waals surface area contributed by atoms with E-state index >= 15 is 0 Å². The first kappa shape index (κ1) is 21.0. The predicted octanol–water partition coefficient (Wildman–Crippen LogP) is 5.54. The zero-order chi connectivity index (χ0) is 21.3. The topological polar surface area (TPSA) is 66.0 Å². The van der Waals surface area contributed by atoms with Gasteiger partial charge >= 0.3 is 0 Å². The van der Waals surface area contributed by atoms with Crippen LogP contribution in [0.15, 0.2) is 66.7 Å². The average Bonchev–Trinajstić information content (AvgIpc) is 2.77. The third-order valence-corrected chi connectivity index (χ3v) is 4.19. The summed E-state index contributed by atoms with van der Waals surface area (Å²) in [5.41, 5.74) is 1.14. The molecule has 0 unspecified atom stereocenters. The number of anilines is 1. The molecule has 3 rings (SSSR count). The van der Waals surface area contributed by atoms with E-state index in [9.17, 15) is 4.79 Å². The molecule has 3 aromatic rings. The minimum Gasteiger partial charge on any atom is -0.497 e. The predicted molar refractivity (Wildman–Crippen MR) is 116 cm³/mol. The molecular formula is C24H25NO5. The molecule has 0 aromatic heterocycles. The highest BCUT2D eigenvalue weighted by Crippen LogP contribution is 2.29. The molecule has 0 saturated carbocycles. The van der Waals surface area contributed by atoms with Crippen LogP contribution in [0.5, 0.6) is 28.7 Å². The summed E-state index contributed by atoms with van der Waals surface area (Å²) in [7, 11) is 1.61. The van der Waals surface area contributed by atoms with Gasteiger partial charge in [0, 0.05) is 17.3 Å². The van der Waals surface area contributed by atoms with E-state index < -0.39 is 0 Å². The van der Waals surface area contributed by atoms with E-state index in [1.54, 1.807) is 55.6 Å². The maximum absolute atomic E-state index is 12.6. The van der Waals surface area contributed by atoms with Crippen molar-refractivity contribution in [2.75, 3.05) is 25.6 Å². The first-order valence-corrected chi connectivity index (χ1v) is 9.76. The summed E-state index contributed by atoms with van der Waals surface area (Å²) in [5.74, 6) is 2.98. The maximum Gasteiger partial charge on any atom is 0.255 e. The molecule has 3 aromatic carbocycles. The molecule has 0 aliphatic rings. The lowest BCUT2D eigenvalue weighted by atomic mass is 10.1. The molecule has 0 fully saturated rings. The van der Waals surface area contributed by atoms with Crippen LogP contribution in [-0.4, -0.2) is 26.2 Å². The van der Waals surface area contributed by atoms with Crippen molar-refractivity contribution in [2.45, 2.75) is 13.8 Å². The van der Waals surface area contributed by atoms with Crippen molar-refractivity contribution < 1.29 is 23.7 Å². The standard InChI is InChI=1S/C24H25NO5/c1-4-28-22-14-9-17(15-23(22)29-5-2)24(26)25-18-10-12-19(13-11-18)30-21-8-6-7-20(16-21)27-3/h6-16H,4-5H2,1-3H3,(H,25,26). The van der Waals surface area contributed by atoms with E-state index in [0.29, 0.717) is 47.5 Å². The molecule has 6 heteroatoms. The molecule has 0 spiro atoms. The van der Waals surface area contributed by atoms with Gasteiger partial charge in [0.2, 0.25) is 0 Å². The van der Waals surface area contributed by atoms with Crippen LogP contribution >= 0.6 is 0 Å². The summed E-state index contributed by atoms with van der Waals surface area (Å²) in [6.45, 7) is 4.80. The van der Waals surface area contributed by atoms with Crippen LogP contribution in [0.2, 0.25) is 0 Å². The van der Waals surface area contributed by atoms with Crippen molar-refractivity contribution in [3.05, 3.63) is 72.3 Å². The molecule has 0 heterocycles. The summed E-state index contributed by atoms with van der Waals surface area (Å²) in [6.07, 6.45) is 0. The van der Waals surface area contributed by atoms with Gasteiger partial charge in [0.15, 0.2) is 11.5 Å². The Labute approximate surface area is 176 Å². The van der Waals surface area contributed by atoms with Crippen molar-refractivity contribution in [1.29, 1.82) is 0 Å². The SMILES string of the molecule is CCOc1ccc(C(=O)Nc2ccc(Oc3cccc(OC)c3)cc2)cc1OCC. The molecule has 0 radical (unpaired) electrons. The molecule has 6 nitrogen and oxygen atoms in total. The number of methoxy groups -OCH3 is 1. The lowest BCUT2D eigenvalue weighted by molar-refractivity contribution is 0.102. The minimum absolute atomic E-state index is 0.236. The van der Waals surface area contributed by atoms with E-state index in [0.717, 1.165) is 5.75 Å². The summed E-state index contributed by atoms with van der Waals surface area (Å²) >= 11 is 0.